The lowest BCUT2D eigenvalue weighted by molar-refractivity contribution is -0.0281. The van der Waals surface area contributed by atoms with E-state index in [1.165, 1.54) is 10.7 Å². The Labute approximate surface area is 151 Å². The number of hydrogen-bond acceptors (Lipinski definition) is 4. The molecule has 5 nitrogen and oxygen atoms in total. The van der Waals surface area contributed by atoms with E-state index in [-0.39, 0.29) is 36.2 Å². The first-order valence-corrected chi connectivity index (χ1v) is 8.36. The van der Waals surface area contributed by atoms with Gasteiger partial charge >= 0.3 is 0 Å². The minimum Gasteiger partial charge on any atom is -0.375 e. The van der Waals surface area contributed by atoms with Crippen molar-refractivity contribution < 1.29 is 13.5 Å². The molecule has 4 rings (SSSR count). The molecule has 3 atom stereocenters. The van der Waals surface area contributed by atoms with Gasteiger partial charge in [0.2, 0.25) is 0 Å². The van der Waals surface area contributed by atoms with Crippen molar-refractivity contribution in [2.45, 2.75) is 44.2 Å². The van der Waals surface area contributed by atoms with Crippen LogP contribution in [0.3, 0.4) is 0 Å². The van der Waals surface area contributed by atoms with Gasteiger partial charge in [0.25, 0.3) is 0 Å². The largest absolute Gasteiger partial charge is 0.375 e. The lowest BCUT2D eigenvalue weighted by Crippen LogP contribution is -2.51. The molecule has 1 aliphatic carbocycles. The van der Waals surface area contributed by atoms with E-state index in [2.05, 4.69) is 15.4 Å². The molecular formula is C17H21ClF2N4O. The second-order valence-corrected chi connectivity index (χ2v) is 6.50. The first kappa shape index (κ1) is 18.2. The number of ether oxygens (including phenoxy) is 1. The van der Waals surface area contributed by atoms with Crippen molar-refractivity contribution in [2.24, 2.45) is 0 Å². The van der Waals surface area contributed by atoms with Crippen molar-refractivity contribution in [1.82, 2.24) is 20.1 Å². The van der Waals surface area contributed by atoms with Crippen LogP contribution in [0.1, 0.15) is 36.8 Å². The molecule has 2 aromatic rings. The van der Waals surface area contributed by atoms with Crippen LogP contribution >= 0.6 is 12.4 Å². The third kappa shape index (κ3) is 3.54. The van der Waals surface area contributed by atoms with Crippen molar-refractivity contribution >= 4 is 12.4 Å². The number of hydrogen-bond donors (Lipinski definition) is 1. The number of nitrogens with one attached hydrogen (secondary N) is 1. The van der Waals surface area contributed by atoms with Crippen LogP contribution in [0.5, 0.6) is 0 Å². The summed E-state index contributed by atoms with van der Waals surface area (Å²) in [5.74, 6) is 0.405. The van der Waals surface area contributed by atoms with Gasteiger partial charge in [0.1, 0.15) is 29.0 Å². The number of nitrogens with zero attached hydrogens (tertiary/aromatic N) is 3. The summed E-state index contributed by atoms with van der Waals surface area (Å²) in [6.45, 7) is 3.36. The molecule has 2 heterocycles. The topological polar surface area (TPSA) is 52.0 Å². The Bertz CT molecular complexity index is 754. The zero-order chi connectivity index (χ0) is 16.7. The third-order valence-electron chi connectivity index (χ3n) is 4.87. The van der Waals surface area contributed by atoms with Gasteiger partial charge in [-0.3, -0.25) is 0 Å². The number of morpholine rings is 1. The Kier molecular flexibility index (Phi) is 5.36. The highest BCUT2D eigenvalue weighted by atomic mass is 35.5. The van der Waals surface area contributed by atoms with E-state index < -0.39 is 11.6 Å². The smallest absolute Gasteiger partial charge is 0.149 e. The molecule has 0 bridgehead atoms. The molecule has 1 saturated carbocycles. The molecule has 1 aliphatic heterocycles. The van der Waals surface area contributed by atoms with Gasteiger partial charge in [-0.2, -0.15) is 5.10 Å². The minimum atomic E-state index is -0.504. The Morgan fingerprint density at radius 3 is 2.96 bits per heavy atom. The fourth-order valence-electron chi connectivity index (χ4n) is 3.77. The van der Waals surface area contributed by atoms with Gasteiger partial charge in [-0.05, 0) is 38.3 Å². The lowest BCUT2D eigenvalue weighted by Gasteiger charge is -2.39. The van der Waals surface area contributed by atoms with E-state index in [0.717, 1.165) is 44.5 Å². The molecular weight excluding hydrogens is 350 g/mol. The number of rotatable bonds is 2. The van der Waals surface area contributed by atoms with Crippen LogP contribution in [0.15, 0.2) is 18.2 Å². The molecule has 1 saturated heterocycles. The van der Waals surface area contributed by atoms with Crippen LogP contribution in [0.4, 0.5) is 8.78 Å². The second-order valence-electron chi connectivity index (χ2n) is 6.50. The summed E-state index contributed by atoms with van der Waals surface area (Å²) in [6.07, 6.45) is 2.93. The van der Waals surface area contributed by atoms with E-state index in [1.54, 1.807) is 6.92 Å². The van der Waals surface area contributed by atoms with Crippen LogP contribution in [0.25, 0.3) is 5.69 Å². The van der Waals surface area contributed by atoms with E-state index in [1.807, 2.05) is 0 Å². The second kappa shape index (κ2) is 7.35. The summed E-state index contributed by atoms with van der Waals surface area (Å²) in [7, 11) is 0. The predicted octanol–water partition coefficient (Wildman–Crippen LogP) is 2.90. The fraction of sp³-hybridized carbons (Fsp3) is 0.529. The number of aryl methyl sites for hydroxylation is 1. The van der Waals surface area contributed by atoms with Gasteiger partial charge in [0.05, 0.1) is 12.7 Å². The van der Waals surface area contributed by atoms with E-state index in [9.17, 15) is 8.78 Å². The van der Waals surface area contributed by atoms with Crippen molar-refractivity contribution in [3.05, 3.63) is 41.5 Å². The zero-order valence-corrected chi connectivity index (χ0v) is 14.7. The van der Waals surface area contributed by atoms with Gasteiger partial charge in [-0.25, -0.2) is 18.4 Å². The molecule has 0 spiro atoms. The first-order valence-electron chi connectivity index (χ1n) is 8.36. The summed E-state index contributed by atoms with van der Waals surface area (Å²) in [4.78, 5) is 4.51. The van der Waals surface area contributed by atoms with Gasteiger partial charge < -0.3 is 10.1 Å². The number of benzene rings is 1. The SMILES string of the molecule is Cc1nc([C@H]2CC[C@H]3OCCN[C@@H]3C2)n(-c2cc(F)ccc2F)n1.Cl. The van der Waals surface area contributed by atoms with Gasteiger partial charge in [0, 0.05) is 24.6 Å². The average Bonchev–Trinajstić information content (AvgIpc) is 2.98. The first-order chi connectivity index (χ1) is 11.6. The van der Waals surface area contributed by atoms with Crippen molar-refractivity contribution in [3.63, 3.8) is 0 Å². The van der Waals surface area contributed by atoms with Crippen LogP contribution < -0.4 is 5.32 Å². The van der Waals surface area contributed by atoms with Crippen molar-refractivity contribution in [2.75, 3.05) is 13.2 Å². The van der Waals surface area contributed by atoms with Gasteiger partial charge in [-0.1, -0.05) is 0 Å². The Hall–Kier alpha value is -1.57. The van der Waals surface area contributed by atoms with Crippen LogP contribution in [0.2, 0.25) is 0 Å². The van der Waals surface area contributed by atoms with Crippen LogP contribution in [-0.2, 0) is 4.74 Å². The molecule has 1 N–H and O–H groups in total. The molecule has 1 aromatic carbocycles. The molecule has 1 aromatic heterocycles. The summed E-state index contributed by atoms with van der Waals surface area (Å²) in [5.41, 5.74) is 0.112. The molecule has 2 aliphatic rings. The van der Waals surface area contributed by atoms with E-state index in [0.29, 0.717) is 11.6 Å². The number of aromatic nitrogens is 3. The lowest BCUT2D eigenvalue weighted by atomic mass is 9.82. The Balaban J connectivity index is 0.00000182. The fourth-order valence-corrected chi connectivity index (χ4v) is 3.77. The maximum absolute atomic E-state index is 14.2. The predicted molar refractivity (Wildman–Crippen MR) is 91.4 cm³/mol. The number of halogens is 3. The van der Waals surface area contributed by atoms with Crippen LogP contribution in [0, 0.1) is 18.6 Å². The zero-order valence-electron chi connectivity index (χ0n) is 13.9. The summed E-state index contributed by atoms with van der Waals surface area (Å²) in [6, 6.07) is 3.68. The quantitative estimate of drug-likeness (QED) is 0.883. The molecule has 136 valence electrons. The maximum Gasteiger partial charge on any atom is 0.149 e. The normalized spacial score (nSPS) is 26.0. The average molecular weight is 371 g/mol. The molecule has 25 heavy (non-hydrogen) atoms. The highest BCUT2D eigenvalue weighted by Gasteiger charge is 2.36. The highest BCUT2D eigenvalue weighted by molar-refractivity contribution is 5.85. The monoisotopic (exact) mass is 370 g/mol. The highest BCUT2D eigenvalue weighted by Crippen LogP contribution is 2.35. The van der Waals surface area contributed by atoms with E-state index in [4.69, 9.17) is 4.74 Å². The molecule has 0 amide bonds. The summed E-state index contributed by atoms with van der Waals surface area (Å²) < 4.78 is 35.0. The van der Waals surface area contributed by atoms with Crippen molar-refractivity contribution in [1.29, 1.82) is 0 Å². The number of fused-ring (bicyclic) bond motifs is 1. The third-order valence-corrected chi connectivity index (χ3v) is 4.87. The van der Waals surface area contributed by atoms with Crippen molar-refractivity contribution in [3.8, 4) is 5.69 Å². The molecule has 0 unspecified atom stereocenters. The minimum absolute atomic E-state index is 0. The van der Waals surface area contributed by atoms with E-state index >= 15 is 0 Å². The van der Waals surface area contributed by atoms with Gasteiger partial charge in [-0.15, -0.1) is 12.4 Å². The Morgan fingerprint density at radius 2 is 2.12 bits per heavy atom. The standard InChI is InChI=1S/C17H20F2N4O.ClH/c1-10-21-17(11-2-5-16-14(8-11)20-6-7-24-16)23(22-10)15-9-12(18)3-4-13(15)19;/h3-4,9,11,14,16,20H,2,5-8H2,1H3;1H/t11-,14+,16+;/m0./s1. The maximum atomic E-state index is 14.2. The molecule has 0 radical (unpaired) electrons. The van der Waals surface area contributed by atoms with Crippen LogP contribution in [-0.4, -0.2) is 40.1 Å². The van der Waals surface area contributed by atoms with Gasteiger partial charge in [0.15, 0.2) is 0 Å². The summed E-state index contributed by atoms with van der Waals surface area (Å²) >= 11 is 0. The Morgan fingerprint density at radius 1 is 1.28 bits per heavy atom. The summed E-state index contributed by atoms with van der Waals surface area (Å²) in [5, 5.41) is 7.80. The molecule has 8 heteroatoms. The molecule has 2 fully saturated rings.